The summed E-state index contributed by atoms with van der Waals surface area (Å²) >= 11 is 1.51. The van der Waals surface area contributed by atoms with Gasteiger partial charge >= 0.3 is 0 Å². The highest BCUT2D eigenvalue weighted by Crippen LogP contribution is 2.28. The normalized spacial score (nSPS) is 12.0. The molecule has 8 heteroatoms. The molecule has 0 aliphatic rings. The molecule has 3 aromatic heterocycles. The predicted octanol–water partition coefficient (Wildman–Crippen LogP) is 4.28. The number of carbonyl (C=O) groups is 1. The van der Waals surface area contributed by atoms with Crippen LogP contribution < -0.4 is 10.9 Å². The van der Waals surface area contributed by atoms with E-state index in [9.17, 15) is 9.59 Å². The molecule has 0 aliphatic carbocycles. The fraction of sp³-hybridized carbons (Fsp3) is 0.364. The lowest BCUT2D eigenvalue weighted by Crippen LogP contribution is -2.26. The van der Waals surface area contributed by atoms with Crippen LogP contribution >= 0.6 is 11.3 Å². The second-order valence-electron chi connectivity index (χ2n) is 8.45. The summed E-state index contributed by atoms with van der Waals surface area (Å²) in [6, 6.07) is 7.82. The fourth-order valence-corrected chi connectivity index (χ4v) is 4.67. The number of H-pyrrole nitrogens is 1. The van der Waals surface area contributed by atoms with Crippen LogP contribution in [0.2, 0.25) is 0 Å². The molecule has 0 atom stereocenters. The molecule has 0 bridgehead atoms. The van der Waals surface area contributed by atoms with E-state index in [1.807, 2.05) is 42.7 Å². The molecule has 1 amide bonds. The van der Waals surface area contributed by atoms with Crippen molar-refractivity contribution in [3.8, 4) is 0 Å². The maximum atomic E-state index is 12.7. The molecular weight excluding hydrogens is 398 g/mol. The Hall–Kier alpha value is -3.00. The average Bonchev–Trinajstić information content (AvgIpc) is 3.17. The number of rotatable bonds is 4. The molecule has 3 heterocycles. The van der Waals surface area contributed by atoms with Gasteiger partial charge in [0.15, 0.2) is 0 Å². The van der Waals surface area contributed by atoms with E-state index in [-0.39, 0.29) is 23.4 Å². The van der Waals surface area contributed by atoms with Crippen molar-refractivity contribution in [3.05, 3.63) is 50.9 Å². The third-order valence-corrected chi connectivity index (χ3v) is 6.26. The van der Waals surface area contributed by atoms with E-state index in [0.29, 0.717) is 23.6 Å². The second kappa shape index (κ2) is 7.36. The summed E-state index contributed by atoms with van der Waals surface area (Å²) in [7, 11) is 0. The highest BCUT2D eigenvalue weighted by molar-refractivity contribution is 7.18. The van der Waals surface area contributed by atoms with Crippen molar-refractivity contribution in [1.29, 1.82) is 0 Å². The first-order valence-corrected chi connectivity index (χ1v) is 10.7. The first kappa shape index (κ1) is 20.3. The highest BCUT2D eigenvalue weighted by atomic mass is 32.1. The van der Waals surface area contributed by atoms with Crippen molar-refractivity contribution in [3.63, 3.8) is 0 Å². The molecule has 30 heavy (non-hydrogen) atoms. The van der Waals surface area contributed by atoms with Gasteiger partial charge in [0.1, 0.15) is 10.7 Å². The number of nitrogens with one attached hydrogen (secondary N) is 2. The number of carbonyl (C=O) groups excluding carboxylic acids is 1. The lowest BCUT2D eigenvalue weighted by Gasteiger charge is -2.24. The zero-order chi connectivity index (χ0) is 21.6. The van der Waals surface area contributed by atoms with Crippen molar-refractivity contribution < 1.29 is 4.79 Å². The zero-order valence-corrected chi connectivity index (χ0v) is 18.6. The number of imidazole rings is 1. The number of fused-ring (bicyclic) bond motifs is 2. The molecule has 2 N–H and O–H groups in total. The number of aromatic amines is 1. The van der Waals surface area contributed by atoms with Crippen LogP contribution in [0.4, 0.5) is 5.95 Å². The predicted molar refractivity (Wildman–Crippen MR) is 121 cm³/mol. The number of aromatic nitrogens is 4. The van der Waals surface area contributed by atoms with Crippen LogP contribution in [0.25, 0.3) is 21.3 Å². The number of anilines is 1. The molecule has 7 nitrogen and oxygen atoms in total. The summed E-state index contributed by atoms with van der Waals surface area (Å²) in [6.45, 7) is 10.1. The van der Waals surface area contributed by atoms with Gasteiger partial charge in [0, 0.05) is 23.3 Å². The Labute approximate surface area is 178 Å². The van der Waals surface area contributed by atoms with Gasteiger partial charge < -0.3 is 9.55 Å². The number of hydrogen-bond donors (Lipinski definition) is 2. The van der Waals surface area contributed by atoms with E-state index in [1.165, 1.54) is 11.3 Å². The molecule has 0 fully saturated rings. The number of para-hydroxylation sites is 2. The van der Waals surface area contributed by atoms with Crippen LogP contribution in [-0.4, -0.2) is 25.4 Å². The van der Waals surface area contributed by atoms with E-state index < -0.39 is 0 Å². The molecule has 0 aliphatic heterocycles. The van der Waals surface area contributed by atoms with Gasteiger partial charge in [-0.2, -0.15) is 0 Å². The summed E-state index contributed by atoms with van der Waals surface area (Å²) in [5, 5.41) is 3.58. The van der Waals surface area contributed by atoms with Gasteiger partial charge in [-0.05, 0) is 52.3 Å². The molecule has 0 spiro atoms. The Bertz CT molecular complexity index is 1320. The summed E-state index contributed by atoms with van der Waals surface area (Å²) in [5.74, 6) is 0.875. The molecule has 4 rings (SSSR count). The Balaban J connectivity index is 1.55. The van der Waals surface area contributed by atoms with Crippen molar-refractivity contribution in [1.82, 2.24) is 19.5 Å². The van der Waals surface area contributed by atoms with E-state index in [1.54, 1.807) is 0 Å². The van der Waals surface area contributed by atoms with Crippen LogP contribution in [0.15, 0.2) is 29.1 Å². The Kier molecular flexibility index (Phi) is 4.97. The van der Waals surface area contributed by atoms with Crippen molar-refractivity contribution >= 4 is 44.4 Å². The monoisotopic (exact) mass is 423 g/mol. The number of nitrogens with zero attached hydrogens (tertiary/aromatic N) is 3. The summed E-state index contributed by atoms with van der Waals surface area (Å²) in [4.78, 5) is 38.9. The van der Waals surface area contributed by atoms with Gasteiger partial charge in [0.05, 0.1) is 16.4 Å². The lowest BCUT2D eigenvalue weighted by molar-refractivity contribution is -0.116. The minimum atomic E-state index is -0.245. The summed E-state index contributed by atoms with van der Waals surface area (Å²) < 4.78 is 2.03. The van der Waals surface area contributed by atoms with Gasteiger partial charge in [-0.25, -0.2) is 9.97 Å². The Morgan fingerprint density at radius 2 is 1.93 bits per heavy atom. The standard InChI is InChI=1S/C22H25N5O2S/c1-12-13(2)30-20-18(12)19(29)24-16(25-20)10-11-17(28)26-21-23-14-8-6-7-9-15(14)27(21)22(3,4)5/h6-9H,10-11H2,1-5H3,(H,23,26,28)(H,24,25,29). The van der Waals surface area contributed by atoms with E-state index in [0.717, 1.165) is 26.3 Å². The molecular formula is C22H25N5O2S. The van der Waals surface area contributed by atoms with Crippen LogP contribution in [0.1, 0.15) is 43.5 Å². The smallest absolute Gasteiger partial charge is 0.259 e. The first-order chi connectivity index (χ1) is 14.1. The van der Waals surface area contributed by atoms with E-state index >= 15 is 0 Å². The topological polar surface area (TPSA) is 92.7 Å². The molecule has 1 aromatic carbocycles. The second-order valence-corrected chi connectivity index (χ2v) is 9.66. The van der Waals surface area contributed by atoms with E-state index in [4.69, 9.17) is 0 Å². The van der Waals surface area contributed by atoms with Crippen LogP contribution in [0.5, 0.6) is 0 Å². The minimum Gasteiger partial charge on any atom is -0.310 e. The number of hydrogen-bond acceptors (Lipinski definition) is 5. The summed E-state index contributed by atoms with van der Waals surface area (Å²) in [6.07, 6.45) is 0.549. The first-order valence-electron chi connectivity index (χ1n) is 9.92. The van der Waals surface area contributed by atoms with Crippen LogP contribution in [-0.2, 0) is 16.8 Å². The van der Waals surface area contributed by atoms with Crippen molar-refractivity contribution in [2.24, 2.45) is 0 Å². The third-order valence-electron chi connectivity index (χ3n) is 5.16. The highest BCUT2D eigenvalue weighted by Gasteiger charge is 2.22. The zero-order valence-electron chi connectivity index (χ0n) is 17.8. The van der Waals surface area contributed by atoms with Gasteiger partial charge in [-0.15, -0.1) is 11.3 Å². The van der Waals surface area contributed by atoms with Crippen molar-refractivity contribution in [2.45, 2.75) is 53.0 Å². The quantitative estimate of drug-likeness (QED) is 0.512. The van der Waals surface area contributed by atoms with Gasteiger partial charge in [-0.1, -0.05) is 12.1 Å². The molecule has 0 unspecified atom stereocenters. The van der Waals surface area contributed by atoms with Crippen molar-refractivity contribution in [2.75, 3.05) is 5.32 Å². The lowest BCUT2D eigenvalue weighted by atomic mass is 10.1. The minimum absolute atomic E-state index is 0.146. The number of thiophene rings is 1. The number of amides is 1. The summed E-state index contributed by atoms with van der Waals surface area (Å²) in [5.41, 5.74) is 2.38. The fourth-order valence-electron chi connectivity index (χ4n) is 3.63. The van der Waals surface area contributed by atoms with E-state index in [2.05, 4.69) is 41.0 Å². The third kappa shape index (κ3) is 3.63. The largest absolute Gasteiger partial charge is 0.310 e. The Morgan fingerprint density at radius 3 is 2.67 bits per heavy atom. The molecule has 0 saturated carbocycles. The molecule has 4 aromatic rings. The van der Waals surface area contributed by atoms with Crippen LogP contribution in [0, 0.1) is 13.8 Å². The van der Waals surface area contributed by atoms with Gasteiger partial charge in [0.2, 0.25) is 11.9 Å². The molecule has 0 saturated heterocycles. The number of benzene rings is 1. The SMILES string of the molecule is Cc1sc2nc(CCC(=O)Nc3nc4ccccc4n3C(C)(C)C)[nH]c(=O)c2c1C. The molecule has 0 radical (unpaired) electrons. The molecule has 156 valence electrons. The van der Waals surface area contributed by atoms with Gasteiger partial charge in [-0.3, -0.25) is 14.9 Å². The van der Waals surface area contributed by atoms with Crippen LogP contribution in [0.3, 0.4) is 0 Å². The maximum Gasteiger partial charge on any atom is 0.259 e. The van der Waals surface area contributed by atoms with Gasteiger partial charge in [0.25, 0.3) is 5.56 Å². The Morgan fingerprint density at radius 1 is 1.20 bits per heavy atom. The maximum absolute atomic E-state index is 12.7. The average molecular weight is 424 g/mol. The number of aryl methyl sites for hydroxylation is 3.